The highest BCUT2D eigenvalue weighted by molar-refractivity contribution is 5.87. The molecule has 0 bridgehead atoms. The summed E-state index contributed by atoms with van der Waals surface area (Å²) in [4.78, 5) is 19.9. The molecular weight excluding hydrogens is 399 g/mol. The third kappa shape index (κ3) is 6.97. The van der Waals surface area contributed by atoms with E-state index in [2.05, 4.69) is 15.4 Å². The van der Waals surface area contributed by atoms with Crippen molar-refractivity contribution < 1.29 is 42.4 Å². The summed E-state index contributed by atoms with van der Waals surface area (Å²) in [5.74, 6) is -2.22. The predicted octanol–water partition coefficient (Wildman–Crippen LogP) is 3.50. The number of aromatic carboxylic acids is 1. The Bertz CT molecular complexity index is 834. The molecule has 2 aromatic rings. The Labute approximate surface area is 162 Å². The van der Waals surface area contributed by atoms with Crippen LogP contribution in [0.2, 0.25) is 0 Å². The second kappa shape index (κ2) is 9.75. The van der Waals surface area contributed by atoms with Gasteiger partial charge in [0.1, 0.15) is 11.5 Å². The zero-order valence-electron chi connectivity index (χ0n) is 15.0. The van der Waals surface area contributed by atoms with E-state index < -0.39 is 18.1 Å². The van der Waals surface area contributed by atoms with Gasteiger partial charge >= 0.3 is 18.1 Å². The van der Waals surface area contributed by atoms with Crippen LogP contribution >= 0.6 is 0 Å². The van der Waals surface area contributed by atoms with Gasteiger partial charge in [-0.05, 0) is 30.9 Å². The van der Waals surface area contributed by atoms with Crippen molar-refractivity contribution in [1.82, 2.24) is 15.4 Å². The second-order valence-electron chi connectivity index (χ2n) is 6.14. The van der Waals surface area contributed by atoms with Crippen LogP contribution in [-0.2, 0) is 4.79 Å². The molecule has 1 aromatic carbocycles. The number of aromatic nitrogens is 3. The van der Waals surface area contributed by atoms with E-state index in [1.54, 1.807) is 18.2 Å². The number of carboxylic acid groups (broad SMARTS) is 2. The van der Waals surface area contributed by atoms with E-state index in [1.165, 1.54) is 25.7 Å². The fourth-order valence-corrected chi connectivity index (χ4v) is 2.56. The van der Waals surface area contributed by atoms with Crippen LogP contribution < -0.4 is 9.47 Å². The monoisotopic (exact) mass is 417 g/mol. The van der Waals surface area contributed by atoms with Crippen LogP contribution in [0.4, 0.5) is 13.2 Å². The minimum Gasteiger partial charge on any atom is -0.493 e. The van der Waals surface area contributed by atoms with Crippen molar-refractivity contribution in [3.63, 3.8) is 0 Å². The van der Waals surface area contributed by atoms with E-state index in [9.17, 15) is 18.0 Å². The Morgan fingerprint density at radius 2 is 1.79 bits per heavy atom. The zero-order chi connectivity index (χ0) is 21.4. The van der Waals surface area contributed by atoms with Gasteiger partial charge in [0.2, 0.25) is 5.69 Å². The van der Waals surface area contributed by atoms with Gasteiger partial charge in [-0.3, -0.25) is 0 Å². The van der Waals surface area contributed by atoms with Gasteiger partial charge < -0.3 is 19.7 Å². The molecule has 0 atom stereocenters. The van der Waals surface area contributed by atoms with Gasteiger partial charge in [0.05, 0.1) is 6.61 Å². The minimum absolute atomic E-state index is 0.0690. The highest BCUT2D eigenvalue weighted by Gasteiger charge is 2.38. The number of aromatic amines is 1. The highest BCUT2D eigenvalue weighted by Crippen LogP contribution is 2.28. The molecule has 0 spiro atoms. The number of halogens is 3. The number of ether oxygens (including phenoxy) is 2. The Morgan fingerprint density at radius 3 is 2.38 bits per heavy atom. The number of aliphatic carboxylic acids is 1. The summed E-state index contributed by atoms with van der Waals surface area (Å²) in [5.41, 5.74) is -0.183. The molecule has 29 heavy (non-hydrogen) atoms. The zero-order valence-corrected chi connectivity index (χ0v) is 15.0. The maximum Gasteiger partial charge on any atom is 0.490 e. The molecule has 1 aliphatic rings. The maximum absolute atomic E-state index is 11.0. The molecule has 12 heteroatoms. The van der Waals surface area contributed by atoms with Crippen LogP contribution in [0.5, 0.6) is 17.4 Å². The van der Waals surface area contributed by atoms with E-state index in [0.29, 0.717) is 24.0 Å². The maximum atomic E-state index is 11.0. The van der Waals surface area contributed by atoms with Gasteiger partial charge in [-0.25, -0.2) is 14.7 Å². The van der Waals surface area contributed by atoms with Crippen LogP contribution in [0.1, 0.15) is 36.2 Å². The molecule has 1 fully saturated rings. The topological polar surface area (TPSA) is 135 Å². The second-order valence-corrected chi connectivity index (χ2v) is 6.14. The number of carbonyl (C=O) groups is 2. The molecule has 3 rings (SSSR count). The van der Waals surface area contributed by atoms with E-state index in [1.807, 2.05) is 6.07 Å². The van der Waals surface area contributed by atoms with Crippen LogP contribution in [0, 0.1) is 5.92 Å². The average Bonchev–Trinajstić information content (AvgIpc) is 3.32. The van der Waals surface area contributed by atoms with Crippen LogP contribution in [0.3, 0.4) is 0 Å². The Kier molecular flexibility index (Phi) is 7.39. The first-order valence-electron chi connectivity index (χ1n) is 8.52. The summed E-state index contributed by atoms with van der Waals surface area (Å²) in [5, 5.41) is 25.4. The largest absolute Gasteiger partial charge is 0.493 e. The van der Waals surface area contributed by atoms with Crippen LogP contribution in [0.25, 0.3) is 0 Å². The Morgan fingerprint density at radius 1 is 1.17 bits per heavy atom. The van der Waals surface area contributed by atoms with Gasteiger partial charge in [0.25, 0.3) is 5.88 Å². The summed E-state index contributed by atoms with van der Waals surface area (Å²) in [7, 11) is 0. The average molecular weight is 417 g/mol. The molecular formula is C17H18F3N3O6. The SMILES string of the molecule is O=C(O)C(F)(F)F.O=C(O)c1[nH]nnc1Oc1cccc(OCC2CCCC2)c1. The molecule has 1 heterocycles. The van der Waals surface area contributed by atoms with Crippen molar-refractivity contribution >= 4 is 11.9 Å². The van der Waals surface area contributed by atoms with E-state index in [4.69, 9.17) is 24.5 Å². The normalized spacial score (nSPS) is 14.0. The fraction of sp³-hybridized carbons (Fsp3) is 0.412. The van der Waals surface area contributed by atoms with Gasteiger partial charge in [-0.15, -0.1) is 0 Å². The quantitative estimate of drug-likeness (QED) is 0.650. The smallest absolute Gasteiger partial charge is 0.490 e. The van der Waals surface area contributed by atoms with Crippen molar-refractivity contribution in [2.75, 3.05) is 6.61 Å². The first-order chi connectivity index (χ1) is 13.7. The third-order valence-electron chi connectivity index (χ3n) is 3.95. The standard InChI is InChI=1S/C15H17N3O4.C2HF3O2/c19-15(20)13-14(17-18-16-13)22-12-7-3-6-11(8-12)21-9-10-4-1-2-5-10;3-2(4,5)1(6)7/h3,6-8,10H,1-2,4-5,9H2,(H,19,20)(H,16,17,18);(H,6,7). The van der Waals surface area contributed by atoms with Crippen molar-refractivity contribution in [3.8, 4) is 17.4 Å². The van der Waals surface area contributed by atoms with Crippen molar-refractivity contribution in [3.05, 3.63) is 30.0 Å². The lowest BCUT2D eigenvalue weighted by molar-refractivity contribution is -0.192. The first-order valence-corrected chi connectivity index (χ1v) is 8.52. The number of H-pyrrole nitrogens is 1. The molecule has 0 radical (unpaired) electrons. The summed E-state index contributed by atoms with van der Waals surface area (Å²) in [6.45, 7) is 0.702. The lowest BCUT2D eigenvalue weighted by Crippen LogP contribution is -2.21. The number of nitrogens with zero attached hydrogens (tertiary/aromatic N) is 2. The number of hydrogen-bond donors (Lipinski definition) is 3. The summed E-state index contributed by atoms with van der Waals surface area (Å²) in [6.07, 6.45) is -0.0865. The number of alkyl halides is 3. The molecule has 1 aliphatic carbocycles. The summed E-state index contributed by atoms with van der Waals surface area (Å²) < 4.78 is 43.0. The molecule has 0 amide bonds. The molecule has 0 unspecified atom stereocenters. The third-order valence-corrected chi connectivity index (χ3v) is 3.95. The highest BCUT2D eigenvalue weighted by atomic mass is 19.4. The van der Waals surface area contributed by atoms with Crippen LogP contribution in [0.15, 0.2) is 24.3 Å². The van der Waals surface area contributed by atoms with Crippen LogP contribution in [-0.4, -0.2) is 50.3 Å². The molecule has 158 valence electrons. The van der Waals surface area contributed by atoms with Gasteiger partial charge in [0, 0.05) is 6.07 Å². The Balaban J connectivity index is 0.000000370. The minimum atomic E-state index is -5.08. The number of carboxylic acids is 2. The number of rotatable bonds is 6. The van der Waals surface area contributed by atoms with Gasteiger partial charge in [-0.1, -0.05) is 29.2 Å². The predicted molar refractivity (Wildman–Crippen MR) is 91.0 cm³/mol. The number of benzene rings is 1. The van der Waals surface area contributed by atoms with E-state index in [0.717, 1.165) is 0 Å². The number of hydrogen-bond acceptors (Lipinski definition) is 6. The summed E-state index contributed by atoms with van der Waals surface area (Å²) in [6, 6.07) is 7.07. The van der Waals surface area contributed by atoms with Gasteiger partial charge in [-0.2, -0.15) is 13.2 Å². The molecule has 1 aromatic heterocycles. The molecule has 9 nitrogen and oxygen atoms in total. The van der Waals surface area contributed by atoms with Crippen molar-refractivity contribution in [1.29, 1.82) is 0 Å². The lowest BCUT2D eigenvalue weighted by atomic mass is 10.1. The van der Waals surface area contributed by atoms with Crippen molar-refractivity contribution in [2.45, 2.75) is 31.9 Å². The van der Waals surface area contributed by atoms with E-state index in [-0.39, 0.29) is 11.6 Å². The molecule has 0 aliphatic heterocycles. The van der Waals surface area contributed by atoms with E-state index >= 15 is 0 Å². The van der Waals surface area contributed by atoms with Gasteiger partial charge in [0.15, 0.2) is 0 Å². The van der Waals surface area contributed by atoms with Crippen molar-refractivity contribution in [2.24, 2.45) is 5.92 Å². The molecule has 3 N–H and O–H groups in total. The fourth-order valence-electron chi connectivity index (χ4n) is 2.56. The number of nitrogens with one attached hydrogen (secondary N) is 1. The molecule has 0 saturated heterocycles. The Hall–Kier alpha value is -3.31. The first kappa shape index (κ1) is 22.0. The lowest BCUT2D eigenvalue weighted by Gasteiger charge is -2.12. The summed E-state index contributed by atoms with van der Waals surface area (Å²) >= 11 is 0. The molecule has 1 saturated carbocycles.